The number of rotatable bonds is 10. The zero-order chi connectivity index (χ0) is 22.3. The van der Waals surface area contributed by atoms with Crippen LogP contribution in [0.1, 0.15) is 50.5 Å². The molecule has 2 aromatic rings. The van der Waals surface area contributed by atoms with Crippen molar-refractivity contribution in [2.24, 2.45) is 0 Å². The fraction of sp³-hybridized carbons (Fsp3) is 0.435. The van der Waals surface area contributed by atoms with Crippen LogP contribution in [-0.2, 0) is 22.6 Å². The molecule has 162 valence electrons. The maximum absolute atomic E-state index is 12.9. The molecule has 1 aromatic heterocycles. The molecule has 0 radical (unpaired) electrons. The van der Waals surface area contributed by atoms with Crippen molar-refractivity contribution in [2.45, 2.75) is 39.8 Å². The second-order valence-electron chi connectivity index (χ2n) is 7.63. The van der Waals surface area contributed by atoms with Crippen molar-refractivity contribution in [1.29, 1.82) is 0 Å². The van der Waals surface area contributed by atoms with Crippen LogP contribution >= 0.6 is 0 Å². The molecule has 1 aromatic carbocycles. The van der Waals surface area contributed by atoms with Gasteiger partial charge < -0.3 is 19.5 Å². The number of aromatic nitrogens is 1. The summed E-state index contributed by atoms with van der Waals surface area (Å²) in [5.74, 6) is -0.233. The predicted octanol–water partition coefficient (Wildman–Crippen LogP) is 1.32. The Bertz CT molecular complexity index is 900. The topological polar surface area (TPSA) is 81.8 Å². The summed E-state index contributed by atoms with van der Waals surface area (Å²) >= 11 is 0. The molecule has 0 saturated carbocycles. The molecule has 0 aliphatic rings. The lowest BCUT2D eigenvalue weighted by molar-refractivity contribution is -0.884. The summed E-state index contributed by atoms with van der Waals surface area (Å²) in [4.78, 5) is 36.9. The molecular weight excluding hydrogens is 382 g/mol. The zero-order valence-corrected chi connectivity index (χ0v) is 18.5. The highest BCUT2D eigenvalue weighted by Crippen LogP contribution is 2.16. The summed E-state index contributed by atoms with van der Waals surface area (Å²) in [6, 6.07) is 9.37. The lowest BCUT2D eigenvalue weighted by Crippen LogP contribution is -3.08. The van der Waals surface area contributed by atoms with Gasteiger partial charge in [-0.25, -0.2) is 0 Å². The van der Waals surface area contributed by atoms with Gasteiger partial charge in [0.1, 0.15) is 13.1 Å². The normalized spacial score (nSPS) is 11.8. The number of quaternary nitrogens is 1. The smallest absolute Gasteiger partial charge is 0.305 e. The standard InChI is InChI=1S/C23H31N3O4/c1-16-13-20(17(2)26(16)12-6-7-22(28)30-5)21(27)15-25(4)14-18-8-10-19(11-9-18)23(29)24-3/h8-11,13H,6-7,12,14-15H2,1-5H3,(H,24,29)/p+1. The van der Waals surface area contributed by atoms with Crippen molar-refractivity contribution >= 4 is 17.7 Å². The lowest BCUT2D eigenvalue weighted by Gasteiger charge is -2.14. The summed E-state index contributed by atoms with van der Waals surface area (Å²) in [5.41, 5.74) is 4.38. The third-order valence-corrected chi connectivity index (χ3v) is 5.28. The van der Waals surface area contributed by atoms with Gasteiger partial charge in [0.15, 0.2) is 0 Å². The molecule has 7 nitrogen and oxygen atoms in total. The average molecular weight is 415 g/mol. The molecule has 0 spiro atoms. The Morgan fingerprint density at radius 3 is 2.40 bits per heavy atom. The molecule has 2 N–H and O–H groups in total. The number of hydrogen-bond donors (Lipinski definition) is 2. The second-order valence-corrected chi connectivity index (χ2v) is 7.63. The first-order valence-corrected chi connectivity index (χ1v) is 10.2. The number of methoxy groups -OCH3 is 1. The quantitative estimate of drug-likeness (QED) is 0.454. The molecule has 0 aliphatic carbocycles. The van der Waals surface area contributed by atoms with Gasteiger partial charge in [-0.1, -0.05) is 12.1 Å². The lowest BCUT2D eigenvalue weighted by atomic mass is 10.1. The Morgan fingerprint density at radius 2 is 1.80 bits per heavy atom. The average Bonchev–Trinajstić information content (AvgIpc) is 3.01. The largest absolute Gasteiger partial charge is 0.469 e. The molecular formula is C23H32N3O4+. The van der Waals surface area contributed by atoms with E-state index in [2.05, 4.69) is 14.6 Å². The number of benzene rings is 1. The number of ketones is 1. The molecule has 0 aliphatic heterocycles. The highest BCUT2D eigenvalue weighted by molar-refractivity contribution is 5.98. The van der Waals surface area contributed by atoms with Crippen LogP contribution in [0.3, 0.4) is 0 Å². The third-order valence-electron chi connectivity index (χ3n) is 5.28. The first-order valence-electron chi connectivity index (χ1n) is 10.2. The first kappa shape index (κ1) is 23.3. The van der Waals surface area contributed by atoms with Gasteiger partial charge in [-0.15, -0.1) is 0 Å². The van der Waals surface area contributed by atoms with E-state index >= 15 is 0 Å². The molecule has 1 unspecified atom stereocenters. The SMILES string of the molecule is CNC(=O)c1ccc(C[NH+](C)CC(=O)c2cc(C)n(CCCC(=O)OC)c2C)cc1. The molecule has 0 saturated heterocycles. The van der Waals surface area contributed by atoms with E-state index in [4.69, 9.17) is 0 Å². The monoisotopic (exact) mass is 414 g/mol. The summed E-state index contributed by atoms with van der Waals surface area (Å²) in [5, 5.41) is 2.60. The van der Waals surface area contributed by atoms with Gasteiger partial charge in [-0.3, -0.25) is 14.4 Å². The predicted molar refractivity (Wildman–Crippen MR) is 115 cm³/mol. The van der Waals surface area contributed by atoms with Crippen LogP contribution in [-0.4, -0.2) is 50.0 Å². The Labute approximate surface area is 178 Å². The van der Waals surface area contributed by atoms with Crippen molar-refractivity contribution in [3.8, 4) is 0 Å². The highest BCUT2D eigenvalue weighted by Gasteiger charge is 2.19. The summed E-state index contributed by atoms with van der Waals surface area (Å²) in [6.07, 6.45) is 1.04. The van der Waals surface area contributed by atoms with E-state index in [1.165, 1.54) is 7.11 Å². The summed E-state index contributed by atoms with van der Waals surface area (Å²) in [6.45, 7) is 5.68. The first-order chi connectivity index (χ1) is 14.3. The van der Waals surface area contributed by atoms with Gasteiger partial charge >= 0.3 is 5.97 Å². The molecule has 1 amide bonds. The zero-order valence-electron chi connectivity index (χ0n) is 18.5. The van der Waals surface area contributed by atoms with Gasteiger partial charge in [0.05, 0.1) is 14.2 Å². The van der Waals surface area contributed by atoms with Crippen molar-refractivity contribution in [3.63, 3.8) is 0 Å². The number of hydrogen-bond acceptors (Lipinski definition) is 4. The Balaban J connectivity index is 1.97. The minimum absolute atomic E-state index is 0.0989. The van der Waals surface area contributed by atoms with Crippen LogP contribution in [0, 0.1) is 13.8 Å². The molecule has 0 bridgehead atoms. The third kappa shape index (κ3) is 6.03. The fourth-order valence-corrected chi connectivity index (χ4v) is 3.61. The number of Topliss-reactive ketones (excluding diaryl/α,β-unsaturated/α-hetero) is 1. The van der Waals surface area contributed by atoms with Gasteiger partial charge in [-0.05, 0) is 38.5 Å². The van der Waals surface area contributed by atoms with Crippen molar-refractivity contribution in [2.75, 3.05) is 27.7 Å². The Kier molecular flexibility index (Phi) is 8.35. The van der Waals surface area contributed by atoms with Crippen LogP contribution in [0.4, 0.5) is 0 Å². The van der Waals surface area contributed by atoms with E-state index in [1.54, 1.807) is 19.2 Å². The maximum atomic E-state index is 12.9. The number of amides is 1. The van der Waals surface area contributed by atoms with Crippen molar-refractivity contribution in [3.05, 3.63) is 58.4 Å². The Hall–Kier alpha value is -2.93. The number of likely N-dealkylation sites (N-methyl/N-ethyl adjacent to an activating group) is 1. The van der Waals surface area contributed by atoms with E-state index in [9.17, 15) is 14.4 Å². The number of carbonyl (C=O) groups excluding carboxylic acids is 3. The minimum Gasteiger partial charge on any atom is -0.469 e. The molecule has 30 heavy (non-hydrogen) atoms. The van der Waals surface area contributed by atoms with Crippen molar-refractivity contribution in [1.82, 2.24) is 9.88 Å². The van der Waals surface area contributed by atoms with Crippen LogP contribution in [0.5, 0.6) is 0 Å². The number of aryl methyl sites for hydroxylation is 1. The van der Waals surface area contributed by atoms with Crippen LogP contribution in [0.2, 0.25) is 0 Å². The number of nitrogens with one attached hydrogen (secondary N) is 2. The van der Waals surface area contributed by atoms with Gasteiger partial charge in [-0.2, -0.15) is 0 Å². The van der Waals surface area contributed by atoms with E-state index in [1.807, 2.05) is 39.1 Å². The van der Waals surface area contributed by atoms with Gasteiger partial charge in [0.25, 0.3) is 5.91 Å². The Morgan fingerprint density at radius 1 is 1.13 bits per heavy atom. The number of nitrogens with zero attached hydrogens (tertiary/aromatic N) is 1. The van der Waals surface area contributed by atoms with Gasteiger partial charge in [0, 0.05) is 48.1 Å². The second kappa shape index (κ2) is 10.7. The summed E-state index contributed by atoms with van der Waals surface area (Å²) < 4.78 is 6.77. The van der Waals surface area contributed by atoms with E-state index in [0.29, 0.717) is 38.0 Å². The number of esters is 1. The van der Waals surface area contributed by atoms with Crippen LogP contribution < -0.4 is 10.2 Å². The van der Waals surface area contributed by atoms with Crippen LogP contribution in [0.15, 0.2) is 30.3 Å². The molecule has 2 rings (SSSR count). The molecule has 7 heteroatoms. The fourth-order valence-electron chi connectivity index (χ4n) is 3.61. The van der Waals surface area contributed by atoms with E-state index in [0.717, 1.165) is 27.4 Å². The highest BCUT2D eigenvalue weighted by atomic mass is 16.5. The van der Waals surface area contributed by atoms with Crippen molar-refractivity contribution < 1.29 is 24.0 Å². The molecule has 0 fully saturated rings. The number of ether oxygens (including phenoxy) is 1. The number of carbonyl (C=O) groups is 3. The van der Waals surface area contributed by atoms with E-state index in [-0.39, 0.29) is 17.7 Å². The molecule has 1 heterocycles. The van der Waals surface area contributed by atoms with E-state index < -0.39 is 0 Å². The maximum Gasteiger partial charge on any atom is 0.305 e. The van der Waals surface area contributed by atoms with Crippen LogP contribution in [0.25, 0.3) is 0 Å². The summed E-state index contributed by atoms with van der Waals surface area (Å²) in [7, 11) is 4.98. The molecule has 1 atom stereocenters. The minimum atomic E-state index is -0.220. The van der Waals surface area contributed by atoms with Gasteiger partial charge in [0.2, 0.25) is 5.78 Å².